The number of nitrogens with one attached hydrogen (secondary N) is 1. The highest BCUT2D eigenvalue weighted by molar-refractivity contribution is 5.95. The van der Waals surface area contributed by atoms with Gasteiger partial charge in [-0.2, -0.15) is 5.26 Å². The molecule has 2 rings (SSSR count). The van der Waals surface area contributed by atoms with Gasteiger partial charge in [-0.1, -0.05) is 24.3 Å². The van der Waals surface area contributed by atoms with E-state index in [-0.39, 0.29) is 12.8 Å². The molecule has 1 amide bonds. The van der Waals surface area contributed by atoms with Gasteiger partial charge in [0.2, 0.25) is 0 Å². The van der Waals surface area contributed by atoms with Gasteiger partial charge in [-0.3, -0.25) is 9.59 Å². The van der Waals surface area contributed by atoms with E-state index in [1.54, 1.807) is 55.5 Å². The molecule has 1 atom stereocenters. The average Bonchev–Trinajstić information content (AvgIpc) is 2.61. The minimum atomic E-state index is -1.12. The van der Waals surface area contributed by atoms with Crippen molar-refractivity contribution in [1.29, 1.82) is 5.26 Å². The molecular weight excluding hydrogens is 332 g/mol. The van der Waals surface area contributed by atoms with E-state index in [4.69, 9.17) is 10.00 Å². The molecule has 0 aliphatic carbocycles. The summed E-state index contributed by atoms with van der Waals surface area (Å²) in [6.07, 6.45) is -0.0901. The Balaban J connectivity index is 2.35. The van der Waals surface area contributed by atoms with Crippen LogP contribution in [0.3, 0.4) is 0 Å². The topological polar surface area (TPSA) is 99.4 Å². The molecule has 134 valence electrons. The number of carboxylic acid groups (broad SMARTS) is 1. The highest BCUT2D eigenvalue weighted by Crippen LogP contribution is 2.28. The summed E-state index contributed by atoms with van der Waals surface area (Å²) < 4.78 is 5.20. The van der Waals surface area contributed by atoms with E-state index in [2.05, 4.69) is 5.32 Å². The van der Waals surface area contributed by atoms with Crippen LogP contribution in [-0.2, 0) is 16.8 Å². The van der Waals surface area contributed by atoms with E-state index < -0.39 is 17.4 Å². The lowest BCUT2D eigenvalue weighted by atomic mass is 9.88. The molecule has 0 bridgehead atoms. The highest BCUT2D eigenvalue weighted by Gasteiger charge is 2.32. The van der Waals surface area contributed by atoms with Gasteiger partial charge in [0.15, 0.2) is 0 Å². The summed E-state index contributed by atoms with van der Waals surface area (Å²) >= 11 is 0. The first-order valence-corrected chi connectivity index (χ1v) is 8.02. The molecule has 0 aromatic heterocycles. The second-order valence-electron chi connectivity index (χ2n) is 6.12. The van der Waals surface area contributed by atoms with Crippen molar-refractivity contribution in [2.45, 2.75) is 25.3 Å². The third-order valence-corrected chi connectivity index (χ3v) is 4.07. The van der Waals surface area contributed by atoms with Gasteiger partial charge in [0.05, 0.1) is 31.6 Å². The Morgan fingerprint density at radius 1 is 1.23 bits per heavy atom. The molecule has 2 aromatic rings. The van der Waals surface area contributed by atoms with Crippen LogP contribution in [0.25, 0.3) is 0 Å². The Bertz CT molecular complexity index is 857. The van der Waals surface area contributed by atoms with E-state index in [0.717, 1.165) is 5.56 Å². The van der Waals surface area contributed by atoms with Crippen LogP contribution in [0.4, 0.5) is 0 Å². The summed E-state index contributed by atoms with van der Waals surface area (Å²) in [6, 6.07) is 15.7. The lowest BCUT2D eigenvalue weighted by Crippen LogP contribution is -2.45. The molecule has 6 nitrogen and oxygen atoms in total. The third-order valence-electron chi connectivity index (χ3n) is 4.07. The molecule has 0 fully saturated rings. The van der Waals surface area contributed by atoms with E-state index in [1.807, 2.05) is 6.07 Å². The maximum absolute atomic E-state index is 12.7. The van der Waals surface area contributed by atoms with Gasteiger partial charge in [0, 0.05) is 5.56 Å². The Morgan fingerprint density at radius 3 is 2.62 bits per heavy atom. The third kappa shape index (κ3) is 4.61. The minimum absolute atomic E-state index is 0.198. The fourth-order valence-corrected chi connectivity index (χ4v) is 2.72. The van der Waals surface area contributed by atoms with Crippen molar-refractivity contribution < 1.29 is 19.4 Å². The van der Waals surface area contributed by atoms with E-state index in [1.165, 1.54) is 7.11 Å². The second kappa shape index (κ2) is 8.17. The summed E-state index contributed by atoms with van der Waals surface area (Å²) in [5.41, 5.74) is 0.599. The standard InChI is InChI=1S/C20H20N2O4/c1-20(13-18(23)24,16-7-4-8-17(12-16)26-2)22-19(25)15-6-3-5-14(11-15)9-10-21/h3-8,11-12H,9,13H2,1-2H3,(H,22,25)(H,23,24). The van der Waals surface area contributed by atoms with Crippen LogP contribution < -0.4 is 10.1 Å². The zero-order chi connectivity index (χ0) is 19.2. The van der Waals surface area contributed by atoms with E-state index in [9.17, 15) is 14.7 Å². The van der Waals surface area contributed by atoms with Gasteiger partial charge in [0.1, 0.15) is 5.75 Å². The summed E-state index contributed by atoms with van der Waals surface area (Å²) in [6.45, 7) is 1.66. The number of hydrogen-bond donors (Lipinski definition) is 2. The Kier molecular flexibility index (Phi) is 5.97. The average molecular weight is 352 g/mol. The Morgan fingerprint density at radius 2 is 1.96 bits per heavy atom. The van der Waals surface area contributed by atoms with Crippen molar-refractivity contribution in [1.82, 2.24) is 5.32 Å². The first-order chi connectivity index (χ1) is 12.4. The van der Waals surface area contributed by atoms with Gasteiger partial charge < -0.3 is 15.2 Å². The molecule has 1 unspecified atom stereocenters. The molecule has 26 heavy (non-hydrogen) atoms. The predicted octanol–water partition coefficient (Wildman–Crippen LogP) is 2.88. The molecule has 0 aliphatic rings. The number of carbonyl (C=O) groups excluding carboxylic acids is 1. The Labute approximate surface area is 152 Å². The van der Waals surface area contributed by atoms with Gasteiger partial charge in [0.25, 0.3) is 5.91 Å². The van der Waals surface area contributed by atoms with E-state index in [0.29, 0.717) is 16.9 Å². The van der Waals surface area contributed by atoms with Gasteiger partial charge in [-0.05, 0) is 42.3 Å². The van der Waals surface area contributed by atoms with E-state index >= 15 is 0 Å². The fourth-order valence-electron chi connectivity index (χ4n) is 2.72. The summed E-state index contributed by atoms with van der Waals surface area (Å²) in [5.74, 6) is -0.866. The quantitative estimate of drug-likeness (QED) is 0.798. The number of carboxylic acids is 1. The molecule has 0 heterocycles. The Hall–Kier alpha value is -3.33. The van der Waals surface area contributed by atoms with Crippen molar-refractivity contribution in [3.8, 4) is 11.8 Å². The lowest BCUT2D eigenvalue weighted by Gasteiger charge is -2.30. The zero-order valence-electron chi connectivity index (χ0n) is 14.7. The summed E-state index contributed by atoms with van der Waals surface area (Å²) in [5, 5.41) is 20.9. The van der Waals surface area contributed by atoms with Crippen LogP contribution >= 0.6 is 0 Å². The summed E-state index contributed by atoms with van der Waals surface area (Å²) in [7, 11) is 1.52. The number of nitrogens with zero attached hydrogens (tertiary/aromatic N) is 1. The smallest absolute Gasteiger partial charge is 0.306 e. The van der Waals surface area contributed by atoms with Crippen LogP contribution in [-0.4, -0.2) is 24.1 Å². The van der Waals surface area contributed by atoms with Crippen molar-refractivity contribution >= 4 is 11.9 Å². The highest BCUT2D eigenvalue weighted by atomic mass is 16.5. The number of nitriles is 1. The van der Waals surface area contributed by atoms with Gasteiger partial charge in [-0.15, -0.1) is 0 Å². The summed E-state index contributed by atoms with van der Waals surface area (Å²) in [4.78, 5) is 24.1. The van der Waals surface area contributed by atoms with Gasteiger partial charge in [-0.25, -0.2) is 0 Å². The number of hydrogen-bond acceptors (Lipinski definition) is 4. The van der Waals surface area contributed by atoms with Crippen LogP contribution in [0.5, 0.6) is 5.75 Å². The number of methoxy groups -OCH3 is 1. The molecule has 2 aromatic carbocycles. The van der Waals surface area contributed by atoms with Crippen molar-refractivity contribution in [2.75, 3.05) is 7.11 Å². The molecule has 2 N–H and O–H groups in total. The van der Waals surface area contributed by atoms with Crippen LogP contribution in [0.15, 0.2) is 48.5 Å². The monoisotopic (exact) mass is 352 g/mol. The molecule has 0 saturated carbocycles. The van der Waals surface area contributed by atoms with Crippen molar-refractivity contribution in [3.05, 3.63) is 65.2 Å². The minimum Gasteiger partial charge on any atom is -0.497 e. The first-order valence-electron chi connectivity index (χ1n) is 8.02. The number of rotatable bonds is 7. The molecule has 0 saturated heterocycles. The number of aliphatic carboxylic acids is 1. The SMILES string of the molecule is COc1cccc(C(C)(CC(=O)O)NC(=O)c2cccc(CC#N)c2)c1. The maximum Gasteiger partial charge on any atom is 0.306 e. The van der Waals surface area contributed by atoms with Crippen molar-refractivity contribution in [3.63, 3.8) is 0 Å². The zero-order valence-corrected chi connectivity index (χ0v) is 14.7. The molecule has 6 heteroatoms. The number of benzene rings is 2. The van der Waals surface area contributed by atoms with Gasteiger partial charge >= 0.3 is 5.97 Å². The molecular formula is C20H20N2O4. The number of amides is 1. The predicted molar refractivity (Wildman–Crippen MR) is 95.8 cm³/mol. The van der Waals surface area contributed by atoms with Crippen LogP contribution in [0.2, 0.25) is 0 Å². The lowest BCUT2D eigenvalue weighted by molar-refractivity contribution is -0.138. The largest absolute Gasteiger partial charge is 0.497 e. The van der Waals surface area contributed by atoms with Crippen LogP contribution in [0.1, 0.15) is 34.8 Å². The fraction of sp³-hybridized carbons (Fsp3) is 0.250. The first kappa shape index (κ1) is 19.0. The molecule has 0 spiro atoms. The second-order valence-corrected chi connectivity index (χ2v) is 6.12. The van der Waals surface area contributed by atoms with Crippen molar-refractivity contribution in [2.24, 2.45) is 0 Å². The van der Waals surface area contributed by atoms with Crippen LogP contribution in [0, 0.1) is 11.3 Å². The molecule has 0 aliphatic heterocycles. The number of ether oxygens (including phenoxy) is 1. The maximum atomic E-state index is 12.7. The molecule has 0 radical (unpaired) electrons. The normalized spacial score (nSPS) is 12.5. The number of carbonyl (C=O) groups is 2.